The van der Waals surface area contributed by atoms with Gasteiger partial charge >= 0.3 is 0 Å². The topological polar surface area (TPSA) is 37.3 Å². The van der Waals surface area contributed by atoms with Crippen molar-refractivity contribution in [1.29, 1.82) is 0 Å². The van der Waals surface area contributed by atoms with Crippen molar-refractivity contribution in [2.75, 3.05) is 5.32 Å². The fourth-order valence-electron chi connectivity index (χ4n) is 4.05. The zero-order chi connectivity index (χ0) is 22.0. The Hall–Kier alpha value is -2.94. The third-order valence-corrected chi connectivity index (χ3v) is 5.41. The summed E-state index contributed by atoms with van der Waals surface area (Å²) in [5, 5.41) is 3.58. The molecule has 0 saturated carbocycles. The predicted octanol–water partition coefficient (Wildman–Crippen LogP) is 7.08. The average molecular weight is 399 g/mol. The summed E-state index contributed by atoms with van der Waals surface area (Å²) in [4.78, 5) is 9.80. The van der Waals surface area contributed by atoms with Crippen LogP contribution in [0.3, 0.4) is 0 Å². The summed E-state index contributed by atoms with van der Waals surface area (Å²) in [5.41, 5.74) is 12.3. The number of hydrogen-bond acceptors (Lipinski definition) is 3. The third kappa shape index (κ3) is 4.79. The van der Waals surface area contributed by atoms with E-state index in [9.17, 15) is 0 Å². The Balaban J connectivity index is 1.89. The van der Waals surface area contributed by atoms with Crippen LogP contribution >= 0.6 is 0 Å². The molecule has 2 aromatic carbocycles. The number of aromatic nitrogens is 1. The van der Waals surface area contributed by atoms with E-state index in [1.807, 2.05) is 25.1 Å². The van der Waals surface area contributed by atoms with Gasteiger partial charge in [0.2, 0.25) is 0 Å². The maximum Gasteiger partial charge on any atom is 0.105 e. The van der Waals surface area contributed by atoms with Gasteiger partial charge in [0, 0.05) is 5.69 Å². The second kappa shape index (κ2) is 8.83. The van der Waals surface area contributed by atoms with E-state index in [1.54, 1.807) is 0 Å². The van der Waals surface area contributed by atoms with E-state index in [1.165, 1.54) is 33.4 Å². The van der Waals surface area contributed by atoms with Crippen LogP contribution in [0.25, 0.3) is 0 Å². The van der Waals surface area contributed by atoms with Crippen molar-refractivity contribution in [2.45, 2.75) is 55.4 Å². The summed E-state index contributed by atoms with van der Waals surface area (Å²) >= 11 is 0. The molecule has 0 atom stereocenters. The molecule has 3 rings (SSSR count). The van der Waals surface area contributed by atoms with Gasteiger partial charge in [-0.15, -0.1) is 0 Å². The standard InChI is InChI=1S/C27H32N3/c1-16-12-18(3)26(19(4)13-16)28-22(7)24-10-9-11-25(30-24)23(8)29-27-20(5)14-17(2)15-21(27)6/h9-15,28H,1-8H3. The molecule has 0 unspecified atom stereocenters. The van der Waals surface area contributed by atoms with Crippen molar-refractivity contribution >= 4 is 17.1 Å². The zero-order valence-corrected chi connectivity index (χ0v) is 19.4. The minimum absolute atomic E-state index is 0.894. The van der Waals surface area contributed by atoms with Crippen molar-refractivity contribution in [3.05, 3.63) is 93.3 Å². The van der Waals surface area contributed by atoms with Gasteiger partial charge in [-0.3, -0.25) is 4.99 Å². The molecule has 0 spiro atoms. The van der Waals surface area contributed by atoms with Crippen molar-refractivity contribution in [3.8, 4) is 0 Å². The van der Waals surface area contributed by atoms with Gasteiger partial charge in [0.15, 0.2) is 0 Å². The van der Waals surface area contributed by atoms with Gasteiger partial charge in [-0.2, -0.15) is 0 Å². The summed E-state index contributed by atoms with van der Waals surface area (Å²) in [6.45, 7) is 16.9. The number of hydrogen-bond donors (Lipinski definition) is 1. The van der Waals surface area contributed by atoms with Crippen LogP contribution in [-0.4, -0.2) is 10.7 Å². The van der Waals surface area contributed by atoms with Crippen LogP contribution in [0, 0.1) is 47.6 Å². The second-order valence-electron chi connectivity index (χ2n) is 8.38. The molecule has 1 N–H and O–H groups in total. The number of aryl methyl sites for hydroxylation is 6. The number of pyridine rings is 1. The lowest BCUT2D eigenvalue weighted by Gasteiger charge is -2.19. The first-order valence-corrected chi connectivity index (χ1v) is 10.4. The van der Waals surface area contributed by atoms with Gasteiger partial charge in [-0.25, -0.2) is 4.98 Å². The third-order valence-electron chi connectivity index (χ3n) is 5.41. The largest absolute Gasteiger partial charge is 0.371 e. The van der Waals surface area contributed by atoms with E-state index < -0.39 is 0 Å². The lowest BCUT2D eigenvalue weighted by Crippen LogP contribution is -2.13. The van der Waals surface area contributed by atoms with Gasteiger partial charge in [0.25, 0.3) is 0 Å². The summed E-state index contributed by atoms with van der Waals surface area (Å²) in [7, 11) is 0. The number of nitrogens with zero attached hydrogens (tertiary/aromatic N) is 2. The number of anilines is 1. The van der Waals surface area contributed by atoms with Crippen LogP contribution in [0.2, 0.25) is 0 Å². The Morgan fingerprint density at radius 3 is 1.80 bits per heavy atom. The van der Waals surface area contributed by atoms with Crippen LogP contribution in [0.15, 0.2) is 47.5 Å². The SMILES string of the molecule is C[C](Nc1c(C)cc(C)cc1C)c1cccc(C(C)=Nc2c(C)cc(C)cc2C)n1. The monoisotopic (exact) mass is 398 g/mol. The zero-order valence-electron chi connectivity index (χ0n) is 19.4. The summed E-state index contributed by atoms with van der Waals surface area (Å²) in [5.74, 6) is 0. The summed E-state index contributed by atoms with van der Waals surface area (Å²) < 4.78 is 0. The van der Waals surface area contributed by atoms with Crippen LogP contribution in [-0.2, 0) is 0 Å². The molecule has 155 valence electrons. The molecule has 0 amide bonds. The van der Waals surface area contributed by atoms with E-state index in [2.05, 4.69) is 78.0 Å². The van der Waals surface area contributed by atoms with E-state index in [4.69, 9.17) is 9.98 Å². The molecule has 3 aromatic rings. The molecule has 0 aliphatic rings. The maximum atomic E-state index is 4.92. The minimum Gasteiger partial charge on any atom is -0.371 e. The van der Waals surface area contributed by atoms with Gasteiger partial charge in [-0.05, 0) is 89.8 Å². The quantitative estimate of drug-likeness (QED) is 0.466. The normalized spacial score (nSPS) is 11.8. The average Bonchev–Trinajstić information content (AvgIpc) is 2.67. The fourth-order valence-corrected chi connectivity index (χ4v) is 4.05. The highest BCUT2D eigenvalue weighted by molar-refractivity contribution is 5.99. The van der Waals surface area contributed by atoms with Crippen LogP contribution in [0.1, 0.15) is 58.6 Å². The first kappa shape index (κ1) is 21.8. The van der Waals surface area contributed by atoms with Crippen molar-refractivity contribution < 1.29 is 0 Å². The molecule has 3 heteroatoms. The Bertz CT molecular complexity index is 1060. The number of nitrogens with one attached hydrogen (secondary N) is 1. The molecule has 0 saturated heterocycles. The first-order valence-electron chi connectivity index (χ1n) is 10.4. The summed E-state index contributed by atoms with van der Waals surface area (Å²) in [6.07, 6.45) is 0. The number of aliphatic imine (C=N–C) groups is 1. The highest BCUT2D eigenvalue weighted by atomic mass is 14.9. The van der Waals surface area contributed by atoms with Crippen LogP contribution in [0.4, 0.5) is 11.4 Å². The van der Waals surface area contributed by atoms with Gasteiger partial charge in [0.1, 0.15) is 6.04 Å². The van der Waals surface area contributed by atoms with E-state index >= 15 is 0 Å². The van der Waals surface area contributed by atoms with Gasteiger partial charge < -0.3 is 5.32 Å². The Morgan fingerprint density at radius 2 is 1.23 bits per heavy atom. The van der Waals surface area contributed by atoms with E-state index in [0.29, 0.717) is 0 Å². The Kier molecular flexibility index (Phi) is 6.40. The Labute approximate surface area is 181 Å². The molecular weight excluding hydrogens is 366 g/mol. The number of rotatable bonds is 5. The van der Waals surface area contributed by atoms with E-state index in [0.717, 1.165) is 34.5 Å². The smallest absolute Gasteiger partial charge is 0.105 e. The molecular formula is C27H32N3. The number of benzene rings is 2. The lowest BCUT2D eigenvalue weighted by molar-refractivity contribution is 1.05. The highest BCUT2D eigenvalue weighted by Gasteiger charge is 2.13. The highest BCUT2D eigenvalue weighted by Crippen LogP contribution is 2.27. The first-order chi connectivity index (χ1) is 14.2. The second-order valence-corrected chi connectivity index (χ2v) is 8.38. The predicted molar refractivity (Wildman–Crippen MR) is 129 cm³/mol. The van der Waals surface area contributed by atoms with Gasteiger partial charge in [0.05, 0.1) is 22.8 Å². The molecule has 0 aliphatic carbocycles. The molecule has 1 aromatic heterocycles. The van der Waals surface area contributed by atoms with E-state index in [-0.39, 0.29) is 0 Å². The fraction of sp³-hybridized carbons (Fsp3) is 0.296. The maximum absolute atomic E-state index is 4.92. The summed E-state index contributed by atoms with van der Waals surface area (Å²) in [6, 6.07) is 15.9. The molecule has 1 heterocycles. The van der Waals surface area contributed by atoms with Crippen molar-refractivity contribution in [2.24, 2.45) is 4.99 Å². The van der Waals surface area contributed by atoms with Crippen molar-refractivity contribution in [3.63, 3.8) is 0 Å². The van der Waals surface area contributed by atoms with Crippen LogP contribution in [0.5, 0.6) is 0 Å². The molecule has 30 heavy (non-hydrogen) atoms. The molecule has 0 fully saturated rings. The molecule has 0 aliphatic heterocycles. The van der Waals surface area contributed by atoms with Gasteiger partial charge in [-0.1, -0.05) is 41.5 Å². The lowest BCUT2D eigenvalue weighted by atomic mass is 10.0. The molecule has 3 nitrogen and oxygen atoms in total. The van der Waals surface area contributed by atoms with Crippen LogP contribution < -0.4 is 5.32 Å². The minimum atomic E-state index is 0.894. The molecule has 1 radical (unpaired) electrons. The Morgan fingerprint density at radius 1 is 0.733 bits per heavy atom. The molecule has 0 bridgehead atoms. The van der Waals surface area contributed by atoms with Crippen molar-refractivity contribution in [1.82, 2.24) is 4.98 Å².